The van der Waals surface area contributed by atoms with Gasteiger partial charge in [0.15, 0.2) is 0 Å². The number of ether oxygens (including phenoxy) is 1. The quantitative estimate of drug-likeness (QED) is 0.789. The summed E-state index contributed by atoms with van der Waals surface area (Å²) >= 11 is 0. The Morgan fingerprint density at radius 1 is 1.32 bits per heavy atom. The fourth-order valence-corrected chi connectivity index (χ4v) is 2.15. The Balaban J connectivity index is 2.18. The van der Waals surface area contributed by atoms with Gasteiger partial charge >= 0.3 is 0 Å². The van der Waals surface area contributed by atoms with Crippen LogP contribution in [0.2, 0.25) is 0 Å². The SMILES string of the molecule is CCCCN(Cc1cccnc1)C(=O)c1ccnc(OC)c1. The van der Waals surface area contributed by atoms with E-state index in [2.05, 4.69) is 16.9 Å². The lowest BCUT2D eigenvalue weighted by Crippen LogP contribution is -2.31. The van der Waals surface area contributed by atoms with Crippen LogP contribution < -0.4 is 4.74 Å². The molecule has 5 heteroatoms. The molecule has 0 radical (unpaired) electrons. The van der Waals surface area contributed by atoms with Crippen LogP contribution in [0, 0.1) is 0 Å². The van der Waals surface area contributed by atoms with Gasteiger partial charge in [-0.2, -0.15) is 0 Å². The summed E-state index contributed by atoms with van der Waals surface area (Å²) in [5.74, 6) is 0.431. The number of unbranched alkanes of at least 4 members (excludes halogenated alkanes) is 1. The average molecular weight is 299 g/mol. The van der Waals surface area contributed by atoms with Gasteiger partial charge in [-0.1, -0.05) is 19.4 Å². The maximum absolute atomic E-state index is 12.7. The lowest BCUT2D eigenvalue weighted by atomic mass is 10.2. The minimum absolute atomic E-state index is 0.0157. The van der Waals surface area contributed by atoms with E-state index in [1.807, 2.05) is 17.0 Å². The normalized spacial score (nSPS) is 10.3. The molecule has 0 aliphatic rings. The summed E-state index contributed by atoms with van der Waals surface area (Å²) in [6.45, 7) is 3.38. The van der Waals surface area contributed by atoms with Crippen molar-refractivity contribution in [2.75, 3.05) is 13.7 Å². The molecule has 22 heavy (non-hydrogen) atoms. The van der Waals surface area contributed by atoms with E-state index >= 15 is 0 Å². The van der Waals surface area contributed by atoms with E-state index in [0.29, 0.717) is 18.0 Å². The van der Waals surface area contributed by atoms with Crippen molar-refractivity contribution in [3.63, 3.8) is 0 Å². The molecule has 1 amide bonds. The molecule has 0 aliphatic heterocycles. The molecule has 0 aliphatic carbocycles. The van der Waals surface area contributed by atoms with Crippen LogP contribution in [0.3, 0.4) is 0 Å². The summed E-state index contributed by atoms with van der Waals surface area (Å²) in [5.41, 5.74) is 1.61. The molecule has 2 heterocycles. The Bertz CT molecular complexity index is 602. The lowest BCUT2D eigenvalue weighted by molar-refractivity contribution is 0.0740. The van der Waals surface area contributed by atoms with Gasteiger partial charge in [0.1, 0.15) is 0 Å². The summed E-state index contributed by atoms with van der Waals surface area (Å²) in [6, 6.07) is 7.25. The van der Waals surface area contributed by atoms with Gasteiger partial charge in [0.25, 0.3) is 5.91 Å². The van der Waals surface area contributed by atoms with E-state index < -0.39 is 0 Å². The van der Waals surface area contributed by atoms with E-state index in [1.165, 1.54) is 0 Å². The van der Waals surface area contributed by atoms with Crippen LogP contribution >= 0.6 is 0 Å². The zero-order chi connectivity index (χ0) is 15.8. The van der Waals surface area contributed by atoms with Crippen molar-refractivity contribution in [3.8, 4) is 5.88 Å². The highest BCUT2D eigenvalue weighted by molar-refractivity contribution is 5.94. The number of hydrogen-bond acceptors (Lipinski definition) is 4. The summed E-state index contributed by atoms with van der Waals surface area (Å²) in [5, 5.41) is 0. The number of pyridine rings is 2. The molecule has 0 fully saturated rings. The number of hydrogen-bond donors (Lipinski definition) is 0. The second-order valence-corrected chi connectivity index (χ2v) is 5.03. The van der Waals surface area contributed by atoms with Gasteiger partial charge in [-0.15, -0.1) is 0 Å². The summed E-state index contributed by atoms with van der Waals surface area (Å²) < 4.78 is 5.09. The number of methoxy groups -OCH3 is 1. The largest absolute Gasteiger partial charge is 0.481 e. The Kier molecular flexibility index (Phi) is 5.89. The lowest BCUT2D eigenvalue weighted by Gasteiger charge is -2.22. The Morgan fingerprint density at radius 3 is 2.86 bits per heavy atom. The fourth-order valence-electron chi connectivity index (χ4n) is 2.15. The second kappa shape index (κ2) is 8.12. The van der Waals surface area contributed by atoms with Crippen LogP contribution in [0.5, 0.6) is 5.88 Å². The second-order valence-electron chi connectivity index (χ2n) is 5.03. The van der Waals surface area contributed by atoms with Gasteiger partial charge in [0.2, 0.25) is 5.88 Å². The molecule has 0 aromatic carbocycles. The van der Waals surface area contributed by atoms with Crippen LogP contribution in [0.1, 0.15) is 35.7 Å². The highest BCUT2D eigenvalue weighted by Crippen LogP contribution is 2.14. The predicted molar refractivity (Wildman–Crippen MR) is 84.7 cm³/mol. The topological polar surface area (TPSA) is 55.3 Å². The Hall–Kier alpha value is -2.43. The maximum Gasteiger partial charge on any atom is 0.254 e. The van der Waals surface area contributed by atoms with E-state index in [9.17, 15) is 4.79 Å². The Morgan fingerprint density at radius 2 is 2.18 bits per heavy atom. The maximum atomic E-state index is 12.7. The average Bonchev–Trinajstić information content (AvgIpc) is 2.59. The molecule has 116 valence electrons. The molecule has 0 bridgehead atoms. The van der Waals surface area contributed by atoms with Crippen LogP contribution in [-0.2, 0) is 6.54 Å². The molecule has 2 rings (SSSR count). The third-order valence-corrected chi connectivity index (χ3v) is 3.36. The molecule has 2 aromatic rings. The van der Waals surface area contributed by atoms with Gasteiger partial charge < -0.3 is 9.64 Å². The van der Waals surface area contributed by atoms with Crippen molar-refractivity contribution in [1.82, 2.24) is 14.9 Å². The van der Waals surface area contributed by atoms with Crippen LogP contribution in [0.25, 0.3) is 0 Å². The number of carbonyl (C=O) groups is 1. The zero-order valence-corrected chi connectivity index (χ0v) is 13.0. The molecular formula is C17H21N3O2. The van der Waals surface area contributed by atoms with Crippen molar-refractivity contribution in [3.05, 3.63) is 54.0 Å². The smallest absolute Gasteiger partial charge is 0.254 e. The third-order valence-electron chi connectivity index (χ3n) is 3.36. The number of amides is 1. The number of carbonyl (C=O) groups excluding carboxylic acids is 1. The highest BCUT2D eigenvalue weighted by Gasteiger charge is 2.16. The first-order chi connectivity index (χ1) is 10.7. The minimum Gasteiger partial charge on any atom is -0.481 e. The first kappa shape index (κ1) is 15.9. The van der Waals surface area contributed by atoms with Crippen LogP contribution in [-0.4, -0.2) is 34.4 Å². The standard InChI is InChI=1S/C17H21N3O2/c1-3-4-10-20(13-14-6-5-8-18-12-14)17(21)15-7-9-19-16(11-15)22-2/h5-9,11-12H,3-4,10,13H2,1-2H3. The number of rotatable bonds is 7. The number of nitrogens with zero attached hydrogens (tertiary/aromatic N) is 3. The van der Waals surface area contributed by atoms with Gasteiger partial charge in [0, 0.05) is 43.3 Å². The van der Waals surface area contributed by atoms with Crippen molar-refractivity contribution < 1.29 is 9.53 Å². The molecule has 0 saturated heterocycles. The molecule has 0 saturated carbocycles. The predicted octanol–water partition coefficient (Wildman–Crippen LogP) is 2.93. The fraction of sp³-hybridized carbons (Fsp3) is 0.353. The van der Waals surface area contributed by atoms with Gasteiger partial charge in [-0.3, -0.25) is 9.78 Å². The zero-order valence-electron chi connectivity index (χ0n) is 13.0. The van der Waals surface area contributed by atoms with Crippen LogP contribution in [0.4, 0.5) is 0 Å². The summed E-state index contributed by atoms with van der Waals surface area (Å²) in [7, 11) is 1.54. The van der Waals surface area contributed by atoms with E-state index in [1.54, 1.807) is 37.8 Å². The van der Waals surface area contributed by atoms with Gasteiger partial charge in [0.05, 0.1) is 7.11 Å². The van der Waals surface area contributed by atoms with Gasteiger partial charge in [-0.25, -0.2) is 4.98 Å². The molecule has 2 aromatic heterocycles. The highest BCUT2D eigenvalue weighted by atomic mass is 16.5. The first-order valence-corrected chi connectivity index (χ1v) is 7.42. The van der Waals surface area contributed by atoms with Crippen LogP contribution in [0.15, 0.2) is 42.9 Å². The van der Waals surface area contributed by atoms with E-state index in [-0.39, 0.29) is 5.91 Å². The molecule has 5 nitrogen and oxygen atoms in total. The van der Waals surface area contributed by atoms with Crippen molar-refractivity contribution in [2.45, 2.75) is 26.3 Å². The molecule has 0 unspecified atom stereocenters. The van der Waals surface area contributed by atoms with E-state index in [0.717, 1.165) is 24.9 Å². The minimum atomic E-state index is -0.0157. The van der Waals surface area contributed by atoms with Crippen molar-refractivity contribution in [1.29, 1.82) is 0 Å². The molecule has 0 atom stereocenters. The summed E-state index contributed by atoms with van der Waals surface area (Å²) in [4.78, 5) is 22.7. The third kappa shape index (κ3) is 4.28. The van der Waals surface area contributed by atoms with E-state index in [4.69, 9.17) is 4.74 Å². The number of aromatic nitrogens is 2. The molecular weight excluding hydrogens is 278 g/mol. The first-order valence-electron chi connectivity index (χ1n) is 7.42. The Labute approximate surface area is 131 Å². The molecule has 0 spiro atoms. The van der Waals surface area contributed by atoms with Gasteiger partial charge in [-0.05, 0) is 24.1 Å². The van der Waals surface area contributed by atoms with Crippen molar-refractivity contribution in [2.24, 2.45) is 0 Å². The monoisotopic (exact) mass is 299 g/mol. The summed E-state index contributed by atoms with van der Waals surface area (Å²) in [6.07, 6.45) is 7.12. The molecule has 0 N–H and O–H groups in total. The van der Waals surface area contributed by atoms with Crippen molar-refractivity contribution >= 4 is 5.91 Å².